The third-order valence-corrected chi connectivity index (χ3v) is 5.28. The van der Waals surface area contributed by atoms with Gasteiger partial charge >= 0.3 is 0 Å². The van der Waals surface area contributed by atoms with Crippen molar-refractivity contribution >= 4 is 39.9 Å². The van der Waals surface area contributed by atoms with E-state index >= 15 is 0 Å². The predicted octanol–water partition coefficient (Wildman–Crippen LogP) is 4.32. The van der Waals surface area contributed by atoms with Gasteiger partial charge in [0.1, 0.15) is 11.0 Å². The van der Waals surface area contributed by atoms with Crippen LogP contribution in [0.3, 0.4) is 0 Å². The van der Waals surface area contributed by atoms with Crippen LogP contribution in [0, 0.1) is 0 Å². The van der Waals surface area contributed by atoms with Gasteiger partial charge < -0.3 is 14.7 Å². The van der Waals surface area contributed by atoms with E-state index in [2.05, 4.69) is 15.2 Å². The first-order chi connectivity index (χ1) is 15.7. The van der Waals surface area contributed by atoms with Crippen molar-refractivity contribution in [2.75, 3.05) is 31.2 Å². The summed E-state index contributed by atoms with van der Waals surface area (Å²) in [6, 6.07) is 11.4. The Labute approximate surface area is 190 Å². The summed E-state index contributed by atoms with van der Waals surface area (Å²) >= 11 is 0. The Hall–Kier alpha value is -3.01. The maximum Gasteiger partial charge on any atom is 0.159 e. The largest absolute Gasteiger partial charge is 0.516 e. The van der Waals surface area contributed by atoms with Crippen LogP contribution >= 0.6 is 0 Å². The van der Waals surface area contributed by atoms with Gasteiger partial charge in [0, 0.05) is 13.1 Å². The number of ether oxygens (including phenoxy) is 1. The Morgan fingerprint density at radius 2 is 1.66 bits per heavy atom. The van der Waals surface area contributed by atoms with E-state index in [1.807, 2.05) is 63.3 Å². The van der Waals surface area contributed by atoms with E-state index < -0.39 is 11.0 Å². The molecule has 0 aliphatic carbocycles. The third kappa shape index (κ3) is 6.49. The van der Waals surface area contributed by atoms with Crippen LogP contribution < -0.4 is 10.0 Å². The highest BCUT2D eigenvalue weighted by molar-refractivity contribution is 7.83. The lowest BCUT2D eigenvalue weighted by atomic mass is 10.1. The lowest BCUT2D eigenvalue weighted by Crippen LogP contribution is -2.36. The molecule has 0 bridgehead atoms. The first-order valence-electron chi connectivity index (χ1n) is 10.4. The molecule has 8 nitrogen and oxygen atoms in total. The van der Waals surface area contributed by atoms with Gasteiger partial charge in [0.2, 0.25) is 0 Å². The van der Waals surface area contributed by atoms with Crippen molar-refractivity contribution in [3.63, 3.8) is 0 Å². The molecule has 2 heterocycles. The van der Waals surface area contributed by atoms with Crippen LogP contribution in [-0.4, -0.2) is 45.9 Å². The van der Waals surface area contributed by atoms with Crippen LogP contribution in [0.2, 0.25) is 0 Å². The third-order valence-electron chi connectivity index (χ3n) is 4.52. The highest BCUT2D eigenvalue weighted by atomic mass is 32.2. The summed E-state index contributed by atoms with van der Waals surface area (Å²) in [7, 11) is -1.60. The fourth-order valence-corrected chi connectivity index (χ4v) is 3.65. The molecule has 1 aromatic heterocycles. The zero-order chi connectivity index (χ0) is 23.3. The fourth-order valence-electron chi connectivity index (χ4n) is 3.13. The molecule has 0 saturated carbocycles. The van der Waals surface area contributed by atoms with Gasteiger partial charge in [-0.3, -0.25) is 0 Å². The van der Waals surface area contributed by atoms with Gasteiger partial charge in [0.05, 0.1) is 30.1 Å². The average Bonchev–Trinajstić information content (AvgIpc) is 3.32. The number of benzene rings is 2. The molecule has 1 aliphatic rings. The van der Waals surface area contributed by atoms with E-state index in [4.69, 9.17) is 19.6 Å². The van der Waals surface area contributed by atoms with Crippen molar-refractivity contribution in [3.05, 3.63) is 59.9 Å². The van der Waals surface area contributed by atoms with E-state index in [0.717, 1.165) is 36.2 Å². The van der Waals surface area contributed by atoms with Crippen molar-refractivity contribution in [2.24, 2.45) is 5.14 Å². The van der Waals surface area contributed by atoms with Crippen LogP contribution in [0.1, 0.15) is 31.9 Å². The standard InChI is InChI=1S/C11H12O.C10H12N4O3S.C2H6/c1-2-5-10-6-3-4-7-11(10)8-9-12;11-18(15)8-2-1-7(9-10(8)13-17-12-9)14-3-5-16-6-4-14;1-2/h2-9,12H,1H3;1-2H,3-6,11H2;1-2H3/b5-2-,9-8+;;. The summed E-state index contributed by atoms with van der Waals surface area (Å²) in [4.78, 5) is 2.57. The second-order valence-corrected chi connectivity index (χ2v) is 7.42. The van der Waals surface area contributed by atoms with Gasteiger partial charge in [-0.15, -0.1) is 0 Å². The fraction of sp³-hybridized carbons (Fsp3) is 0.304. The average molecular weight is 459 g/mol. The van der Waals surface area contributed by atoms with Gasteiger partial charge in [-0.1, -0.05) is 50.3 Å². The number of aromatic nitrogens is 2. The molecule has 1 aliphatic heterocycles. The highest BCUT2D eigenvalue weighted by Crippen LogP contribution is 2.28. The van der Waals surface area contributed by atoms with Gasteiger partial charge in [0.15, 0.2) is 11.0 Å². The molecule has 9 heteroatoms. The summed E-state index contributed by atoms with van der Waals surface area (Å²) in [5.74, 6) is 0. The summed E-state index contributed by atoms with van der Waals surface area (Å²) in [5, 5.41) is 21.7. The van der Waals surface area contributed by atoms with Gasteiger partial charge in [0.25, 0.3) is 0 Å². The van der Waals surface area contributed by atoms with Crippen LogP contribution in [0.5, 0.6) is 0 Å². The normalized spacial score (nSPS) is 14.7. The van der Waals surface area contributed by atoms with Gasteiger partial charge in [-0.2, -0.15) is 0 Å². The van der Waals surface area contributed by atoms with E-state index in [-0.39, 0.29) is 0 Å². The number of hydrogen-bond donors (Lipinski definition) is 2. The molecule has 1 fully saturated rings. The number of fused-ring (bicyclic) bond motifs is 1. The first kappa shape index (κ1) is 25.3. The molecule has 0 amide bonds. The molecule has 32 heavy (non-hydrogen) atoms. The topological polar surface area (TPSA) is 115 Å². The first-order valence-corrected chi connectivity index (χ1v) is 11.6. The minimum absolute atomic E-state index is 0.434. The predicted molar refractivity (Wildman–Crippen MR) is 130 cm³/mol. The van der Waals surface area contributed by atoms with Crippen molar-refractivity contribution in [2.45, 2.75) is 25.7 Å². The molecule has 3 N–H and O–H groups in total. The quantitative estimate of drug-likeness (QED) is 0.560. The van der Waals surface area contributed by atoms with Crippen molar-refractivity contribution in [1.29, 1.82) is 0 Å². The number of allylic oxidation sites excluding steroid dienone is 1. The lowest BCUT2D eigenvalue weighted by molar-refractivity contribution is 0.123. The maximum absolute atomic E-state index is 11.4. The number of rotatable bonds is 4. The van der Waals surface area contributed by atoms with Crippen molar-refractivity contribution in [3.8, 4) is 0 Å². The number of anilines is 1. The van der Waals surface area contributed by atoms with E-state index in [1.165, 1.54) is 0 Å². The van der Waals surface area contributed by atoms with E-state index in [1.54, 1.807) is 12.1 Å². The molecular weight excluding hydrogens is 428 g/mol. The molecule has 1 saturated heterocycles. The minimum atomic E-state index is -1.60. The minimum Gasteiger partial charge on any atom is -0.516 e. The molecule has 0 spiro atoms. The number of hydrogen-bond acceptors (Lipinski definition) is 7. The van der Waals surface area contributed by atoms with Crippen LogP contribution in [0.4, 0.5) is 5.69 Å². The number of aliphatic hydroxyl groups is 1. The summed E-state index contributed by atoms with van der Waals surface area (Å²) in [6.07, 6.45) is 6.72. The number of aliphatic hydroxyl groups excluding tert-OH is 1. The molecular formula is C23H30N4O4S. The monoisotopic (exact) mass is 458 g/mol. The maximum atomic E-state index is 11.4. The van der Waals surface area contributed by atoms with E-state index in [0.29, 0.717) is 29.1 Å². The van der Waals surface area contributed by atoms with Crippen molar-refractivity contribution < 1.29 is 18.7 Å². The summed E-state index contributed by atoms with van der Waals surface area (Å²) < 4.78 is 21.4. The lowest BCUT2D eigenvalue weighted by Gasteiger charge is -2.28. The molecule has 1 unspecified atom stereocenters. The Morgan fingerprint density at radius 1 is 1.03 bits per heavy atom. The second kappa shape index (κ2) is 13.4. The molecule has 172 valence electrons. The van der Waals surface area contributed by atoms with Crippen LogP contribution in [-0.2, 0) is 15.7 Å². The smallest absolute Gasteiger partial charge is 0.159 e. The van der Waals surface area contributed by atoms with Crippen molar-refractivity contribution in [1.82, 2.24) is 10.3 Å². The Bertz CT molecular complexity index is 1030. The SMILES string of the molecule is C/C=C\c1ccccc1/C=C/O.CC.NS(=O)c1ccc(N2CCOCC2)c2nonc12. The number of morpholine rings is 1. The molecule has 0 radical (unpaired) electrons. The second-order valence-electron chi connectivity index (χ2n) is 6.39. The van der Waals surface area contributed by atoms with E-state index in [9.17, 15) is 4.21 Å². The summed E-state index contributed by atoms with van der Waals surface area (Å²) in [6.45, 7) is 8.90. The highest BCUT2D eigenvalue weighted by Gasteiger charge is 2.19. The Morgan fingerprint density at radius 3 is 2.25 bits per heavy atom. The van der Waals surface area contributed by atoms with Gasteiger partial charge in [-0.05, 0) is 46.6 Å². The Kier molecular flexibility index (Phi) is 10.6. The zero-order valence-corrected chi connectivity index (χ0v) is 19.4. The van der Waals surface area contributed by atoms with Crippen LogP contribution in [0.25, 0.3) is 23.2 Å². The molecule has 3 aromatic rings. The Balaban J connectivity index is 0.000000227. The zero-order valence-electron chi connectivity index (χ0n) is 18.6. The van der Waals surface area contributed by atoms with Crippen LogP contribution in [0.15, 0.2) is 58.3 Å². The summed E-state index contributed by atoms with van der Waals surface area (Å²) in [5.41, 5.74) is 4.10. The van der Waals surface area contributed by atoms with Gasteiger partial charge in [-0.25, -0.2) is 14.0 Å². The molecule has 1 atom stereocenters. The molecule has 2 aromatic carbocycles. The number of nitrogens with zero attached hydrogens (tertiary/aromatic N) is 3. The number of nitrogens with two attached hydrogens (primary N) is 1. The molecule has 4 rings (SSSR count).